The Labute approximate surface area is 170 Å². The molecule has 0 radical (unpaired) electrons. The van der Waals surface area contributed by atoms with Crippen LogP contribution >= 0.6 is 0 Å². The van der Waals surface area contributed by atoms with Crippen LogP contribution < -0.4 is 5.32 Å². The predicted molar refractivity (Wildman–Crippen MR) is 121 cm³/mol. The van der Waals surface area contributed by atoms with Crippen LogP contribution in [0.1, 0.15) is 48.0 Å². The average molecular weight is 376 g/mol. The van der Waals surface area contributed by atoms with E-state index in [2.05, 4.69) is 44.5 Å². The van der Waals surface area contributed by atoms with Gasteiger partial charge in [-0.3, -0.25) is 0 Å². The number of hydrogen-bond donors (Lipinski definition) is 2. The Bertz CT molecular complexity index is 847. The summed E-state index contributed by atoms with van der Waals surface area (Å²) < 4.78 is 0. The van der Waals surface area contributed by atoms with Crippen molar-refractivity contribution in [1.82, 2.24) is 5.32 Å². The highest BCUT2D eigenvalue weighted by Gasteiger charge is 2.28. The topological polar surface area (TPSA) is 59.7 Å². The van der Waals surface area contributed by atoms with E-state index in [4.69, 9.17) is 5.41 Å². The fraction of sp³-hybridized carbons (Fsp3) is 0.360. The lowest BCUT2D eigenvalue weighted by Crippen LogP contribution is -2.25. The Hall–Kier alpha value is -2.86. The van der Waals surface area contributed by atoms with Crippen molar-refractivity contribution in [3.05, 3.63) is 83.8 Å². The van der Waals surface area contributed by atoms with Crippen LogP contribution in [0.25, 0.3) is 0 Å². The van der Waals surface area contributed by atoms with Gasteiger partial charge >= 0.3 is 0 Å². The van der Waals surface area contributed by atoms with Crippen molar-refractivity contribution in [2.45, 2.75) is 48.0 Å². The molecule has 3 heteroatoms. The van der Waals surface area contributed by atoms with Gasteiger partial charge in [0.2, 0.25) is 0 Å². The van der Waals surface area contributed by atoms with E-state index >= 15 is 0 Å². The molecule has 1 aliphatic carbocycles. The molecule has 0 atom stereocenters. The Morgan fingerprint density at radius 1 is 1.25 bits per heavy atom. The maximum absolute atomic E-state index is 9.44. The Morgan fingerprint density at radius 2 is 1.86 bits per heavy atom. The molecule has 0 unspecified atom stereocenters. The molecule has 28 heavy (non-hydrogen) atoms. The quantitative estimate of drug-likeness (QED) is 0.374. The number of nitrogens with one attached hydrogen (secondary N) is 2. The van der Waals surface area contributed by atoms with Gasteiger partial charge in [-0.1, -0.05) is 51.3 Å². The van der Waals surface area contributed by atoms with E-state index in [0.29, 0.717) is 11.4 Å². The molecule has 0 saturated heterocycles. The molecule has 1 aliphatic rings. The first kappa shape index (κ1) is 23.2. The minimum Gasteiger partial charge on any atom is -0.356 e. The van der Waals surface area contributed by atoms with Crippen LogP contribution in [0.15, 0.2) is 83.8 Å². The zero-order valence-corrected chi connectivity index (χ0v) is 18.1. The summed E-state index contributed by atoms with van der Waals surface area (Å²) >= 11 is 0. The van der Waals surface area contributed by atoms with Gasteiger partial charge in [0.15, 0.2) is 0 Å². The molecule has 0 bridgehead atoms. The van der Waals surface area contributed by atoms with E-state index in [1.54, 1.807) is 0 Å². The summed E-state index contributed by atoms with van der Waals surface area (Å²) in [6, 6.07) is 2.33. The van der Waals surface area contributed by atoms with Crippen molar-refractivity contribution in [2.75, 3.05) is 0 Å². The number of nitriles is 1. The van der Waals surface area contributed by atoms with Crippen LogP contribution in [0, 0.1) is 27.6 Å². The molecule has 0 aromatic rings. The molecule has 2 N–H and O–H groups in total. The van der Waals surface area contributed by atoms with Crippen molar-refractivity contribution >= 4 is 5.71 Å². The van der Waals surface area contributed by atoms with Gasteiger partial charge < -0.3 is 10.7 Å². The van der Waals surface area contributed by atoms with Crippen LogP contribution in [0.2, 0.25) is 0 Å². The van der Waals surface area contributed by atoms with Crippen molar-refractivity contribution in [3.63, 3.8) is 0 Å². The summed E-state index contributed by atoms with van der Waals surface area (Å²) in [6.45, 7) is 20.1. The van der Waals surface area contributed by atoms with Gasteiger partial charge in [0, 0.05) is 11.4 Å². The molecular weight excluding hydrogens is 342 g/mol. The Kier molecular flexibility index (Phi) is 7.76. The lowest BCUT2D eigenvalue weighted by atomic mass is 9.75. The zero-order chi connectivity index (χ0) is 21.5. The monoisotopic (exact) mass is 375 g/mol. The zero-order valence-electron chi connectivity index (χ0n) is 18.1. The van der Waals surface area contributed by atoms with Crippen molar-refractivity contribution in [3.8, 4) is 6.07 Å². The third kappa shape index (κ3) is 5.82. The van der Waals surface area contributed by atoms with Gasteiger partial charge in [0.25, 0.3) is 0 Å². The molecule has 0 fully saturated rings. The van der Waals surface area contributed by atoms with Gasteiger partial charge in [-0.2, -0.15) is 5.26 Å². The highest BCUT2D eigenvalue weighted by molar-refractivity contribution is 6.07. The summed E-state index contributed by atoms with van der Waals surface area (Å²) in [4.78, 5) is 0. The smallest absolute Gasteiger partial charge is 0.0766 e. The largest absolute Gasteiger partial charge is 0.356 e. The third-order valence-electron chi connectivity index (χ3n) is 4.84. The Morgan fingerprint density at radius 3 is 2.39 bits per heavy atom. The fourth-order valence-electron chi connectivity index (χ4n) is 2.88. The molecule has 0 amide bonds. The van der Waals surface area contributed by atoms with E-state index in [1.165, 1.54) is 0 Å². The molecule has 0 heterocycles. The standard InChI is InChI=1S/C25H33N3/c1-9-11-20(25(7,8)17-26)15-18(3)19(4)28-21-13-14-24(5,6)22(16-21)23(27)12-10-2/h9-13,15-16,27-28H,3-4,14H2,1-2,5-8H3/b11-9-,12-10-,20-15+,27-23?. The first-order valence-corrected chi connectivity index (χ1v) is 9.53. The average Bonchev–Trinajstić information content (AvgIpc) is 2.62. The predicted octanol–water partition coefficient (Wildman–Crippen LogP) is 6.53. The molecule has 148 valence electrons. The van der Waals surface area contributed by atoms with Gasteiger partial charge in [-0.15, -0.1) is 0 Å². The van der Waals surface area contributed by atoms with Crippen molar-refractivity contribution < 1.29 is 0 Å². The number of hydrogen-bond acceptors (Lipinski definition) is 3. The SMILES string of the molecule is C=C(/C=C(\C=C/C)C(C)(C)C#N)C(=C)NC1=CCC(C)(C)C(C(=N)/C=C\C)=C1. The van der Waals surface area contributed by atoms with E-state index in [1.807, 2.05) is 64.2 Å². The van der Waals surface area contributed by atoms with Gasteiger partial charge in [-0.05, 0) is 74.5 Å². The molecule has 3 nitrogen and oxygen atoms in total. The number of nitrogens with zero attached hydrogens (tertiary/aromatic N) is 1. The minimum atomic E-state index is -0.613. The fourth-order valence-corrected chi connectivity index (χ4v) is 2.88. The second kappa shape index (κ2) is 9.37. The van der Waals surface area contributed by atoms with E-state index in [9.17, 15) is 5.26 Å². The molecule has 1 rings (SSSR count). The minimum absolute atomic E-state index is 0.0874. The lowest BCUT2D eigenvalue weighted by Gasteiger charge is -2.31. The summed E-state index contributed by atoms with van der Waals surface area (Å²) in [5, 5.41) is 21.1. The van der Waals surface area contributed by atoms with Crippen LogP contribution in [-0.4, -0.2) is 5.71 Å². The third-order valence-corrected chi connectivity index (χ3v) is 4.84. The summed E-state index contributed by atoms with van der Waals surface area (Å²) in [6.07, 6.45) is 14.4. The van der Waals surface area contributed by atoms with Gasteiger partial charge in [0.1, 0.15) is 0 Å². The van der Waals surface area contributed by atoms with E-state index in [-0.39, 0.29) is 5.41 Å². The highest BCUT2D eigenvalue weighted by atomic mass is 14.9. The lowest BCUT2D eigenvalue weighted by molar-refractivity contribution is 0.462. The van der Waals surface area contributed by atoms with Crippen LogP contribution in [-0.2, 0) is 0 Å². The Balaban J connectivity index is 3.08. The van der Waals surface area contributed by atoms with Crippen LogP contribution in [0.4, 0.5) is 0 Å². The molecule has 0 aromatic heterocycles. The molecule has 0 aliphatic heterocycles. The first-order valence-electron chi connectivity index (χ1n) is 9.53. The second-order valence-electron chi connectivity index (χ2n) is 8.18. The summed E-state index contributed by atoms with van der Waals surface area (Å²) in [5.74, 6) is 0. The van der Waals surface area contributed by atoms with Gasteiger partial charge in [-0.25, -0.2) is 0 Å². The van der Waals surface area contributed by atoms with E-state index in [0.717, 1.165) is 28.8 Å². The first-order chi connectivity index (χ1) is 13.0. The van der Waals surface area contributed by atoms with Crippen molar-refractivity contribution in [2.24, 2.45) is 10.8 Å². The maximum Gasteiger partial charge on any atom is 0.0766 e. The maximum atomic E-state index is 9.44. The van der Waals surface area contributed by atoms with Gasteiger partial charge in [0.05, 0.1) is 17.2 Å². The van der Waals surface area contributed by atoms with Crippen molar-refractivity contribution in [1.29, 1.82) is 10.7 Å². The number of rotatable bonds is 8. The summed E-state index contributed by atoms with van der Waals surface area (Å²) in [5.41, 5.74) is 4.01. The molecule has 0 spiro atoms. The molecular formula is C25H33N3. The molecule has 0 aromatic carbocycles. The molecule has 0 saturated carbocycles. The van der Waals surface area contributed by atoms with Crippen LogP contribution in [0.5, 0.6) is 0 Å². The normalized spacial score (nSPS) is 17.1. The highest BCUT2D eigenvalue weighted by Crippen LogP contribution is 2.36. The van der Waals surface area contributed by atoms with Crippen LogP contribution in [0.3, 0.4) is 0 Å². The summed E-state index contributed by atoms with van der Waals surface area (Å²) in [7, 11) is 0. The van der Waals surface area contributed by atoms with E-state index < -0.39 is 5.41 Å². The number of allylic oxidation sites excluding steroid dienone is 9. The second-order valence-corrected chi connectivity index (χ2v) is 8.18.